The van der Waals surface area contributed by atoms with E-state index in [9.17, 15) is 4.39 Å². The van der Waals surface area contributed by atoms with Crippen molar-refractivity contribution in [3.63, 3.8) is 0 Å². The highest BCUT2D eigenvalue weighted by atomic mass is 19.1. The molecule has 1 heterocycles. The Labute approximate surface area is 101 Å². The van der Waals surface area contributed by atoms with E-state index < -0.39 is 0 Å². The monoisotopic (exact) mass is 235 g/mol. The maximum atomic E-state index is 13.1. The zero-order chi connectivity index (χ0) is 12.6. The van der Waals surface area contributed by atoms with Gasteiger partial charge in [-0.25, -0.2) is 4.39 Å². The molecule has 0 aliphatic rings. The van der Waals surface area contributed by atoms with Crippen LogP contribution >= 0.6 is 0 Å². The summed E-state index contributed by atoms with van der Waals surface area (Å²) < 4.78 is 18.9. The number of nitrogens with two attached hydrogens (primary N) is 1. The zero-order valence-electron chi connectivity index (χ0n) is 10.5. The van der Waals surface area contributed by atoms with Crippen molar-refractivity contribution in [1.29, 1.82) is 0 Å². The van der Waals surface area contributed by atoms with Gasteiger partial charge in [-0.1, -0.05) is 13.8 Å². The number of rotatable bonds is 3. The normalized spacial score (nSPS) is 14.2. The van der Waals surface area contributed by atoms with Crippen molar-refractivity contribution in [2.24, 2.45) is 5.73 Å². The molecule has 0 saturated carbocycles. The van der Waals surface area contributed by atoms with Crippen molar-refractivity contribution in [2.75, 3.05) is 0 Å². The summed E-state index contributed by atoms with van der Waals surface area (Å²) in [6.45, 7) is 6.15. The lowest BCUT2D eigenvalue weighted by atomic mass is 9.84. The molecule has 1 aromatic carbocycles. The van der Waals surface area contributed by atoms with E-state index in [1.807, 2.05) is 13.0 Å². The van der Waals surface area contributed by atoms with Crippen LogP contribution in [-0.2, 0) is 5.41 Å². The standard InChI is InChI=1S/C14H18FNO/c1-9(16)8-14(2,3)13-7-10-6-11(15)4-5-12(10)17-13/h4-7,9H,8,16H2,1-3H3. The number of furan rings is 1. The van der Waals surface area contributed by atoms with Gasteiger partial charge in [0.05, 0.1) is 0 Å². The summed E-state index contributed by atoms with van der Waals surface area (Å²) in [5.74, 6) is 0.616. The van der Waals surface area contributed by atoms with Gasteiger partial charge in [0.25, 0.3) is 0 Å². The van der Waals surface area contributed by atoms with Crippen LogP contribution in [0.25, 0.3) is 11.0 Å². The minimum Gasteiger partial charge on any atom is -0.461 e. The number of fused-ring (bicyclic) bond motifs is 1. The molecule has 3 heteroatoms. The Morgan fingerprint density at radius 1 is 1.35 bits per heavy atom. The van der Waals surface area contributed by atoms with E-state index in [4.69, 9.17) is 10.2 Å². The van der Waals surface area contributed by atoms with Crippen LogP contribution in [0.3, 0.4) is 0 Å². The molecular weight excluding hydrogens is 217 g/mol. The van der Waals surface area contributed by atoms with E-state index >= 15 is 0 Å². The van der Waals surface area contributed by atoms with E-state index in [0.29, 0.717) is 0 Å². The molecule has 1 aromatic heterocycles. The molecular formula is C14H18FNO. The van der Waals surface area contributed by atoms with Crippen LogP contribution in [0.1, 0.15) is 33.0 Å². The van der Waals surface area contributed by atoms with Gasteiger partial charge < -0.3 is 10.2 Å². The Morgan fingerprint density at radius 3 is 2.71 bits per heavy atom. The van der Waals surface area contributed by atoms with Crippen LogP contribution in [-0.4, -0.2) is 6.04 Å². The van der Waals surface area contributed by atoms with Gasteiger partial charge in [0, 0.05) is 16.8 Å². The van der Waals surface area contributed by atoms with E-state index in [0.717, 1.165) is 23.2 Å². The van der Waals surface area contributed by atoms with Crippen molar-refractivity contribution in [3.8, 4) is 0 Å². The third-order valence-electron chi connectivity index (χ3n) is 2.98. The lowest BCUT2D eigenvalue weighted by molar-refractivity contribution is 0.357. The van der Waals surface area contributed by atoms with Crippen LogP contribution in [0.4, 0.5) is 4.39 Å². The smallest absolute Gasteiger partial charge is 0.134 e. The largest absolute Gasteiger partial charge is 0.461 e. The second-order valence-corrected chi connectivity index (χ2v) is 5.36. The van der Waals surface area contributed by atoms with Crippen molar-refractivity contribution in [2.45, 2.75) is 38.6 Å². The summed E-state index contributed by atoms with van der Waals surface area (Å²) in [4.78, 5) is 0. The van der Waals surface area contributed by atoms with Crippen molar-refractivity contribution in [1.82, 2.24) is 0 Å². The molecule has 0 spiro atoms. The minimum absolute atomic E-state index is 0.106. The molecule has 1 atom stereocenters. The first-order valence-corrected chi connectivity index (χ1v) is 5.84. The molecule has 2 rings (SSSR count). The average molecular weight is 235 g/mol. The van der Waals surface area contributed by atoms with Crippen LogP contribution in [0.5, 0.6) is 0 Å². The number of halogens is 1. The summed E-state index contributed by atoms with van der Waals surface area (Å²) in [6.07, 6.45) is 0.829. The zero-order valence-corrected chi connectivity index (χ0v) is 10.5. The first kappa shape index (κ1) is 12.1. The third kappa shape index (κ3) is 2.50. The highest BCUT2D eigenvalue weighted by molar-refractivity contribution is 5.78. The Morgan fingerprint density at radius 2 is 2.06 bits per heavy atom. The molecule has 2 aromatic rings. The van der Waals surface area contributed by atoms with Gasteiger partial charge in [-0.15, -0.1) is 0 Å². The Bertz CT molecular complexity index is 528. The summed E-state index contributed by atoms with van der Waals surface area (Å²) in [5.41, 5.74) is 6.42. The lowest BCUT2D eigenvalue weighted by Crippen LogP contribution is -2.27. The second-order valence-electron chi connectivity index (χ2n) is 5.36. The number of hydrogen-bond acceptors (Lipinski definition) is 2. The number of hydrogen-bond donors (Lipinski definition) is 1. The molecule has 17 heavy (non-hydrogen) atoms. The van der Waals surface area contributed by atoms with Gasteiger partial charge in [0.2, 0.25) is 0 Å². The van der Waals surface area contributed by atoms with Gasteiger partial charge in [0.1, 0.15) is 17.2 Å². The fraction of sp³-hybridized carbons (Fsp3) is 0.429. The summed E-state index contributed by atoms with van der Waals surface area (Å²) in [6, 6.07) is 6.57. The van der Waals surface area contributed by atoms with Crippen molar-refractivity contribution in [3.05, 3.63) is 35.8 Å². The Balaban J connectivity index is 2.42. The molecule has 0 bridgehead atoms. The summed E-state index contributed by atoms with van der Waals surface area (Å²) >= 11 is 0. The molecule has 2 nitrogen and oxygen atoms in total. The summed E-state index contributed by atoms with van der Waals surface area (Å²) in [5, 5.41) is 0.803. The van der Waals surface area contributed by atoms with E-state index in [1.54, 1.807) is 6.07 Å². The third-order valence-corrected chi connectivity index (χ3v) is 2.98. The second kappa shape index (κ2) is 4.15. The maximum absolute atomic E-state index is 13.1. The molecule has 2 N–H and O–H groups in total. The van der Waals surface area contributed by atoms with Crippen molar-refractivity contribution >= 4 is 11.0 Å². The fourth-order valence-electron chi connectivity index (χ4n) is 2.25. The summed E-state index contributed by atoms with van der Waals surface area (Å²) in [7, 11) is 0. The van der Waals surface area contributed by atoms with Crippen LogP contribution in [0.2, 0.25) is 0 Å². The van der Waals surface area contributed by atoms with Gasteiger partial charge in [0.15, 0.2) is 0 Å². The molecule has 1 unspecified atom stereocenters. The first-order chi connectivity index (χ1) is 7.88. The van der Waals surface area contributed by atoms with Gasteiger partial charge in [-0.3, -0.25) is 0 Å². The Kier molecular flexibility index (Phi) is 2.96. The lowest BCUT2D eigenvalue weighted by Gasteiger charge is -2.23. The topological polar surface area (TPSA) is 39.2 Å². The molecule has 0 fully saturated rings. The van der Waals surface area contributed by atoms with Crippen LogP contribution < -0.4 is 5.73 Å². The quantitative estimate of drug-likeness (QED) is 0.883. The Hall–Kier alpha value is -1.35. The van der Waals surface area contributed by atoms with Gasteiger partial charge in [-0.2, -0.15) is 0 Å². The SMILES string of the molecule is CC(N)CC(C)(C)c1cc2cc(F)ccc2o1. The molecule has 0 radical (unpaired) electrons. The van der Waals surface area contributed by atoms with E-state index in [-0.39, 0.29) is 17.3 Å². The minimum atomic E-state index is -0.241. The molecule has 0 amide bonds. The van der Waals surface area contributed by atoms with Crippen LogP contribution in [0.15, 0.2) is 28.7 Å². The number of benzene rings is 1. The predicted molar refractivity (Wildman–Crippen MR) is 67.5 cm³/mol. The highest BCUT2D eigenvalue weighted by Crippen LogP contribution is 2.32. The molecule has 92 valence electrons. The predicted octanol–water partition coefficient (Wildman–Crippen LogP) is 3.59. The van der Waals surface area contributed by atoms with E-state index in [1.165, 1.54) is 12.1 Å². The molecule has 0 saturated heterocycles. The fourth-order valence-corrected chi connectivity index (χ4v) is 2.25. The van der Waals surface area contributed by atoms with Gasteiger partial charge >= 0.3 is 0 Å². The van der Waals surface area contributed by atoms with Gasteiger partial charge in [-0.05, 0) is 37.6 Å². The molecule has 0 aliphatic heterocycles. The van der Waals surface area contributed by atoms with Crippen LogP contribution in [0, 0.1) is 5.82 Å². The molecule has 0 aliphatic carbocycles. The first-order valence-electron chi connectivity index (χ1n) is 5.84. The highest BCUT2D eigenvalue weighted by Gasteiger charge is 2.26. The average Bonchev–Trinajstić information content (AvgIpc) is 2.58. The van der Waals surface area contributed by atoms with Crippen molar-refractivity contribution < 1.29 is 8.81 Å². The maximum Gasteiger partial charge on any atom is 0.134 e. The van der Waals surface area contributed by atoms with E-state index in [2.05, 4.69) is 13.8 Å².